The standard InChI is InChI=1S/C17H17N3O3S/c1-3-8-24-17-19-15-14(16(22)20-17)12(9-13(21)18-15)10-4-6-11(23-2)7-5-10/h4-7,9H,3,8H2,1-2H3,(H2,18,19,20,21,22). The van der Waals surface area contributed by atoms with Gasteiger partial charge in [0, 0.05) is 17.4 Å². The van der Waals surface area contributed by atoms with Gasteiger partial charge in [-0.3, -0.25) is 9.59 Å². The maximum atomic E-state index is 12.5. The highest BCUT2D eigenvalue weighted by Gasteiger charge is 2.12. The molecule has 2 N–H and O–H groups in total. The molecule has 0 aliphatic heterocycles. The van der Waals surface area contributed by atoms with Crippen LogP contribution >= 0.6 is 11.8 Å². The van der Waals surface area contributed by atoms with E-state index in [0.717, 1.165) is 17.7 Å². The van der Waals surface area contributed by atoms with Crippen LogP contribution in [0.2, 0.25) is 0 Å². The van der Waals surface area contributed by atoms with Gasteiger partial charge < -0.3 is 14.7 Å². The Morgan fingerprint density at radius 2 is 1.92 bits per heavy atom. The lowest BCUT2D eigenvalue weighted by Gasteiger charge is -2.08. The van der Waals surface area contributed by atoms with Crippen molar-refractivity contribution in [2.75, 3.05) is 12.9 Å². The molecule has 6 nitrogen and oxygen atoms in total. The lowest BCUT2D eigenvalue weighted by atomic mass is 10.0. The zero-order valence-electron chi connectivity index (χ0n) is 13.4. The largest absolute Gasteiger partial charge is 0.497 e. The zero-order valence-corrected chi connectivity index (χ0v) is 14.2. The molecule has 0 unspecified atom stereocenters. The molecule has 0 saturated carbocycles. The summed E-state index contributed by atoms with van der Waals surface area (Å²) in [5.41, 5.74) is 1.06. The molecule has 0 fully saturated rings. The number of nitrogens with zero attached hydrogens (tertiary/aromatic N) is 1. The lowest BCUT2D eigenvalue weighted by molar-refractivity contribution is 0.415. The van der Waals surface area contributed by atoms with E-state index >= 15 is 0 Å². The van der Waals surface area contributed by atoms with Gasteiger partial charge in [-0.2, -0.15) is 0 Å². The van der Waals surface area contributed by atoms with Crippen molar-refractivity contribution in [3.8, 4) is 16.9 Å². The highest BCUT2D eigenvalue weighted by Crippen LogP contribution is 2.26. The second-order valence-corrected chi connectivity index (χ2v) is 6.30. The van der Waals surface area contributed by atoms with Crippen molar-refractivity contribution in [1.29, 1.82) is 0 Å². The van der Waals surface area contributed by atoms with Crippen molar-refractivity contribution < 1.29 is 4.74 Å². The Morgan fingerprint density at radius 3 is 2.58 bits per heavy atom. The molecule has 0 saturated heterocycles. The molecule has 0 amide bonds. The third-order valence-corrected chi connectivity index (χ3v) is 4.61. The molecule has 3 rings (SSSR count). The van der Waals surface area contributed by atoms with E-state index in [2.05, 4.69) is 21.9 Å². The third-order valence-electron chi connectivity index (χ3n) is 3.53. The van der Waals surface area contributed by atoms with Crippen molar-refractivity contribution >= 4 is 22.8 Å². The summed E-state index contributed by atoms with van der Waals surface area (Å²) in [5.74, 6) is 1.55. The molecule has 0 radical (unpaired) electrons. The summed E-state index contributed by atoms with van der Waals surface area (Å²) in [7, 11) is 1.59. The Kier molecular flexibility index (Phi) is 4.71. The topological polar surface area (TPSA) is 87.8 Å². The summed E-state index contributed by atoms with van der Waals surface area (Å²) >= 11 is 1.46. The third kappa shape index (κ3) is 3.21. The number of aromatic amines is 2. The lowest BCUT2D eigenvalue weighted by Crippen LogP contribution is -2.16. The first-order chi connectivity index (χ1) is 11.6. The molecule has 3 aromatic rings. The fourth-order valence-corrected chi connectivity index (χ4v) is 3.13. The van der Waals surface area contributed by atoms with E-state index in [1.54, 1.807) is 19.2 Å². The number of H-pyrrole nitrogens is 2. The average molecular weight is 343 g/mol. The van der Waals surface area contributed by atoms with E-state index in [9.17, 15) is 9.59 Å². The van der Waals surface area contributed by atoms with Crippen molar-refractivity contribution in [1.82, 2.24) is 15.0 Å². The second kappa shape index (κ2) is 6.92. The fourth-order valence-electron chi connectivity index (χ4n) is 2.41. The summed E-state index contributed by atoms with van der Waals surface area (Å²) in [4.78, 5) is 34.4. The number of hydrogen-bond acceptors (Lipinski definition) is 5. The summed E-state index contributed by atoms with van der Waals surface area (Å²) < 4.78 is 5.14. The molecule has 7 heteroatoms. The average Bonchev–Trinajstić information content (AvgIpc) is 2.59. The van der Waals surface area contributed by atoms with Gasteiger partial charge in [-0.1, -0.05) is 30.8 Å². The number of thioether (sulfide) groups is 1. The van der Waals surface area contributed by atoms with Gasteiger partial charge in [0.15, 0.2) is 5.16 Å². The smallest absolute Gasteiger partial charge is 0.261 e. The van der Waals surface area contributed by atoms with Crippen LogP contribution < -0.4 is 15.9 Å². The number of aromatic nitrogens is 3. The van der Waals surface area contributed by atoms with Gasteiger partial charge in [-0.15, -0.1) is 0 Å². The SMILES string of the molecule is CCCSc1nc2[nH]c(=O)cc(-c3ccc(OC)cc3)c2c(=O)[nH]1. The number of pyridine rings is 1. The number of rotatable bonds is 5. The van der Waals surface area contributed by atoms with Crippen molar-refractivity contribution in [2.45, 2.75) is 18.5 Å². The van der Waals surface area contributed by atoms with Gasteiger partial charge in [0.1, 0.15) is 11.4 Å². The van der Waals surface area contributed by atoms with Crippen LogP contribution in [0.15, 0.2) is 45.1 Å². The molecule has 124 valence electrons. The van der Waals surface area contributed by atoms with Crippen LogP contribution in [-0.4, -0.2) is 27.8 Å². The van der Waals surface area contributed by atoms with E-state index < -0.39 is 0 Å². The fraction of sp³-hybridized carbons (Fsp3) is 0.235. The maximum Gasteiger partial charge on any atom is 0.261 e. The van der Waals surface area contributed by atoms with Crippen LogP contribution in [0.4, 0.5) is 0 Å². The van der Waals surface area contributed by atoms with E-state index in [4.69, 9.17) is 4.74 Å². The number of methoxy groups -OCH3 is 1. The Bertz CT molecular complexity index is 977. The molecule has 2 aromatic heterocycles. The Morgan fingerprint density at radius 1 is 1.17 bits per heavy atom. The van der Waals surface area contributed by atoms with Crippen LogP contribution in [0, 0.1) is 0 Å². The molecule has 0 bridgehead atoms. The number of hydrogen-bond donors (Lipinski definition) is 2. The Hall–Kier alpha value is -2.54. The summed E-state index contributed by atoms with van der Waals surface area (Å²) in [6.07, 6.45) is 0.967. The molecule has 1 aromatic carbocycles. The van der Waals surface area contributed by atoms with Crippen LogP contribution in [-0.2, 0) is 0 Å². The minimum Gasteiger partial charge on any atom is -0.497 e. The van der Waals surface area contributed by atoms with Gasteiger partial charge in [0.2, 0.25) is 5.56 Å². The number of ether oxygens (including phenoxy) is 1. The van der Waals surface area contributed by atoms with Gasteiger partial charge >= 0.3 is 0 Å². The van der Waals surface area contributed by atoms with E-state index in [-0.39, 0.29) is 11.1 Å². The molecule has 0 aliphatic rings. The summed E-state index contributed by atoms with van der Waals surface area (Å²) in [5, 5.41) is 0.887. The first kappa shape index (κ1) is 16.3. The minimum atomic E-state index is -0.294. The maximum absolute atomic E-state index is 12.5. The van der Waals surface area contributed by atoms with Crippen molar-refractivity contribution in [3.05, 3.63) is 51.0 Å². The van der Waals surface area contributed by atoms with E-state index in [0.29, 0.717) is 27.5 Å². The molecule has 2 heterocycles. The first-order valence-electron chi connectivity index (χ1n) is 7.57. The van der Waals surface area contributed by atoms with Crippen molar-refractivity contribution in [2.24, 2.45) is 0 Å². The normalized spacial score (nSPS) is 10.9. The zero-order chi connectivity index (χ0) is 17.1. The second-order valence-electron chi connectivity index (χ2n) is 5.22. The molecule has 0 spiro atoms. The minimum absolute atomic E-state index is 0.263. The Balaban J connectivity index is 2.20. The molecular weight excluding hydrogens is 326 g/mol. The number of nitrogens with one attached hydrogen (secondary N) is 2. The van der Waals surface area contributed by atoms with Gasteiger partial charge in [-0.25, -0.2) is 4.98 Å². The summed E-state index contributed by atoms with van der Waals surface area (Å²) in [6, 6.07) is 8.61. The van der Waals surface area contributed by atoms with Crippen LogP contribution in [0.5, 0.6) is 5.75 Å². The molecular formula is C17H17N3O3S. The first-order valence-corrected chi connectivity index (χ1v) is 8.55. The highest BCUT2D eigenvalue weighted by atomic mass is 32.2. The predicted molar refractivity (Wildman–Crippen MR) is 96.0 cm³/mol. The number of benzene rings is 1. The predicted octanol–water partition coefficient (Wildman–Crippen LogP) is 2.79. The molecule has 0 aliphatic carbocycles. The van der Waals surface area contributed by atoms with Gasteiger partial charge in [-0.05, 0) is 24.1 Å². The van der Waals surface area contributed by atoms with E-state index in [1.165, 1.54) is 17.8 Å². The molecule has 24 heavy (non-hydrogen) atoms. The van der Waals surface area contributed by atoms with Crippen LogP contribution in [0.25, 0.3) is 22.2 Å². The molecule has 0 atom stereocenters. The quantitative estimate of drug-likeness (QED) is 0.549. The Labute approximate surface area is 142 Å². The van der Waals surface area contributed by atoms with Gasteiger partial charge in [0.25, 0.3) is 5.56 Å². The monoisotopic (exact) mass is 343 g/mol. The van der Waals surface area contributed by atoms with Crippen molar-refractivity contribution in [3.63, 3.8) is 0 Å². The van der Waals surface area contributed by atoms with Gasteiger partial charge in [0.05, 0.1) is 12.5 Å². The van der Waals surface area contributed by atoms with Crippen LogP contribution in [0.3, 0.4) is 0 Å². The summed E-state index contributed by atoms with van der Waals surface area (Å²) in [6.45, 7) is 2.05. The number of fused-ring (bicyclic) bond motifs is 1. The highest BCUT2D eigenvalue weighted by molar-refractivity contribution is 7.99. The van der Waals surface area contributed by atoms with E-state index in [1.807, 2.05) is 12.1 Å². The van der Waals surface area contributed by atoms with Crippen LogP contribution in [0.1, 0.15) is 13.3 Å².